The summed E-state index contributed by atoms with van der Waals surface area (Å²) in [5.41, 5.74) is 3.23. The fourth-order valence-corrected chi connectivity index (χ4v) is 2.99. The Kier molecular flexibility index (Phi) is 4.59. The molecule has 1 unspecified atom stereocenters. The first kappa shape index (κ1) is 17.2. The SMILES string of the molecule is COc1ccc2c(c1)C(c1ccc(Cl)cc1)=NC(C)C(=N)N2C(C)=N. The van der Waals surface area contributed by atoms with E-state index in [0.29, 0.717) is 10.8 Å². The van der Waals surface area contributed by atoms with Crippen LogP contribution < -0.4 is 9.64 Å². The van der Waals surface area contributed by atoms with Crippen LogP contribution in [0.15, 0.2) is 47.5 Å². The highest BCUT2D eigenvalue weighted by Gasteiger charge is 2.28. The van der Waals surface area contributed by atoms with E-state index in [9.17, 15) is 0 Å². The highest BCUT2D eigenvalue weighted by molar-refractivity contribution is 6.31. The highest BCUT2D eigenvalue weighted by atomic mass is 35.5. The molecule has 1 atom stereocenters. The van der Waals surface area contributed by atoms with E-state index in [1.807, 2.05) is 49.4 Å². The topological polar surface area (TPSA) is 72.5 Å². The molecule has 3 rings (SSSR count). The monoisotopic (exact) mass is 354 g/mol. The van der Waals surface area contributed by atoms with E-state index in [4.69, 9.17) is 32.1 Å². The van der Waals surface area contributed by atoms with Crippen LogP contribution in [-0.4, -0.2) is 30.5 Å². The molecule has 0 spiro atoms. The number of fused-ring (bicyclic) bond motifs is 1. The summed E-state index contributed by atoms with van der Waals surface area (Å²) in [6.45, 7) is 3.53. The summed E-state index contributed by atoms with van der Waals surface area (Å²) < 4.78 is 5.37. The number of nitrogens with one attached hydrogen (secondary N) is 2. The summed E-state index contributed by atoms with van der Waals surface area (Å²) >= 11 is 6.02. The van der Waals surface area contributed by atoms with Crippen LogP contribution in [0.4, 0.5) is 5.69 Å². The maximum Gasteiger partial charge on any atom is 0.131 e. The highest BCUT2D eigenvalue weighted by Crippen LogP contribution is 2.32. The third-order valence-electron chi connectivity index (χ3n) is 4.11. The summed E-state index contributed by atoms with van der Waals surface area (Å²) in [4.78, 5) is 6.38. The molecule has 1 aliphatic heterocycles. The van der Waals surface area contributed by atoms with E-state index in [2.05, 4.69) is 0 Å². The van der Waals surface area contributed by atoms with Crippen molar-refractivity contribution < 1.29 is 4.74 Å². The van der Waals surface area contributed by atoms with Crippen molar-refractivity contribution in [1.82, 2.24) is 0 Å². The summed E-state index contributed by atoms with van der Waals surface area (Å²) in [5.74, 6) is 1.24. The van der Waals surface area contributed by atoms with Gasteiger partial charge in [-0.05, 0) is 44.2 Å². The molecule has 0 radical (unpaired) electrons. The van der Waals surface area contributed by atoms with Gasteiger partial charge in [0.25, 0.3) is 0 Å². The Hall–Kier alpha value is -2.66. The fourth-order valence-electron chi connectivity index (χ4n) is 2.87. The number of nitrogens with zero attached hydrogens (tertiary/aromatic N) is 2. The smallest absolute Gasteiger partial charge is 0.131 e. The van der Waals surface area contributed by atoms with Gasteiger partial charge in [-0.3, -0.25) is 20.7 Å². The molecule has 128 valence electrons. The van der Waals surface area contributed by atoms with E-state index < -0.39 is 0 Å². The minimum Gasteiger partial charge on any atom is -0.497 e. The molecule has 0 amide bonds. The van der Waals surface area contributed by atoms with Crippen molar-refractivity contribution in [2.24, 2.45) is 4.99 Å². The minimum atomic E-state index is -0.385. The van der Waals surface area contributed by atoms with Gasteiger partial charge in [0.2, 0.25) is 0 Å². The quantitative estimate of drug-likeness (QED) is 0.621. The van der Waals surface area contributed by atoms with Crippen molar-refractivity contribution in [1.29, 1.82) is 10.8 Å². The first-order valence-electron chi connectivity index (χ1n) is 7.88. The molecule has 2 aromatic rings. The van der Waals surface area contributed by atoms with E-state index in [-0.39, 0.29) is 17.7 Å². The van der Waals surface area contributed by atoms with Gasteiger partial charge >= 0.3 is 0 Å². The number of benzodiazepines with no additional fused rings is 1. The fraction of sp³-hybridized carbons (Fsp3) is 0.211. The summed E-state index contributed by atoms with van der Waals surface area (Å²) in [7, 11) is 1.61. The van der Waals surface area contributed by atoms with Crippen LogP contribution >= 0.6 is 11.6 Å². The molecule has 1 heterocycles. The maximum atomic E-state index is 8.46. The lowest BCUT2D eigenvalue weighted by molar-refractivity contribution is 0.415. The number of aliphatic imine (C=N–C) groups is 1. The Morgan fingerprint density at radius 1 is 1.20 bits per heavy atom. The number of rotatable bonds is 2. The molecule has 0 saturated carbocycles. The van der Waals surface area contributed by atoms with Gasteiger partial charge in [0.05, 0.1) is 18.5 Å². The molecule has 0 saturated heterocycles. The van der Waals surface area contributed by atoms with Crippen molar-refractivity contribution in [2.45, 2.75) is 19.9 Å². The van der Waals surface area contributed by atoms with Gasteiger partial charge < -0.3 is 4.74 Å². The zero-order chi connectivity index (χ0) is 18.1. The molecule has 5 nitrogen and oxygen atoms in total. The first-order valence-corrected chi connectivity index (χ1v) is 8.26. The Bertz CT molecular complexity index is 873. The molecular weight excluding hydrogens is 336 g/mol. The number of hydrogen-bond donors (Lipinski definition) is 2. The van der Waals surface area contributed by atoms with Crippen molar-refractivity contribution >= 4 is 34.7 Å². The largest absolute Gasteiger partial charge is 0.497 e. The van der Waals surface area contributed by atoms with Gasteiger partial charge in [0.15, 0.2) is 0 Å². The van der Waals surface area contributed by atoms with E-state index in [1.54, 1.807) is 18.9 Å². The Morgan fingerprint density at radius 2 is 1.88 bits per heavy atom. The molecule has 2 aromatic carbocycles. The zero-order valence-electron chi connectivity index (χ0n) is 14.3. The normalized spacial score (nSPS) is 16.8. The molecule has 6 heteroatoms. The van der Waals surface area contributed by atoms with Crippen molar-refractivity contribution in [2.75, 3.05) is 12.0 Å². The molecule has 0 aromatic heterocycles. The standard InChI is InChI=1S/C19H19ClN4O/c1-11-19(22)24(12(2)21)17-9-8-15(25-3)10-16(17)18(23-11)13-4-6-14(20)7-5-13/h4-11,21-22H,1-3H3. The van der Waals surface area contributed by atoms with Crippen LogP contribution in [0.1, 0.15) is 25.0 Å². The van der Waals surface area contributed by atoms with Crippen LogP contribution in [0.25, 0.3) is 0 Å². The molecule has 2 N–H and O–H groups in total. The zero-order valence-corrected chi connectivity index (χ0v) is 15.1. The second kappa shape index (κ2) is 6.69. The van der Waals surface area contributed by atoms with Crippen molar-refractivity contribution in [3.05, 3.63) is 58.6 Å². The second-order valence-corrected chi connectivity index (χ2v) is 6.29. The predicted octanol–water partition coefficient (Wildman–Crippen LogP) is 4.37. The van der Waals surface area contributed by atoms with Crippen LogP contribution in [0, 0.1) is 10.8 Å². The van der Waals surface area contributed by atoms with Gasteiger partial charge in [0, 0.05) is 16.1 Å². The predicted molar refractivity (Wildman–Crippen MR) is 103 cm³/mol. The maximum absolute atomic E-state index is 8.46. The number of methoxy groups -OCH3 is 1. The summed E-state index contributed by atoms with van der Waals surface area (Å²) in [6.07, 6.45) is 0. The van der Waals surface area contributed by atoms with Crippen LogP contribution in [-0.2, 0) is 0 Å². The van der Waals surface area contributed by atoms with Crippen molar-refractivity contribution in [3.8, 4) is 5.75 Å². The molecule has 0 bridgehead atoms. The third kappa shape index (κ3) is 3.15. The van der Waals surface area contributed by atoms with Gasteiger partial charge in [0.1, 0.15) is 23.5 Å². The number of anilines is 1. The van der Waals surface area contributed by atoms with Gasteiger partial charge in [-0.1, -0.05) is 23.7 Å². The van der Waals surface area contributed by atoms with Gasteiger partial charge in [-0.2, -0.15) is 0 Å². The average molecular weight is 355 g/mol. The van der Waals surface area contributed by atoms with E-state index in [0.717, 1.165) is 22.5 Å². The van der Waals surface area contributed by atoms with Gasteiger partial charge in [-0.15, -0.1) is 0 Å². The second-order valence-electron chi connectivity index (χ2n) is 5.85. The van der Waals surface area contributed by atoms with Crippen LogP contribution in [0.2, 0.25) is 5.02 Å². The summed E-state index contributed by atoms with van der Waals surface area (Å²) in [5, 5.41) is 17.2. The summed E-state index contributed by atoms with van der Waals surface area (Å²) in [6, 6.07) is 12.7. The lowest BCUT2D eigenvalue weighted by Crippen LogP contribution is -2.39. The third-order valence-corrected chi connectivity index (χ3v) is 4.36. The lowest BCUT2D eigenvalue weighted by Gasteiger charge is -2.25. The number of benzene rings is 2. The molecular formula is C19H19ClN4O. The molecule has 0 aliphatic carbocycles. The van der Waals surface area contributed by atoms with Gasteiger partial charge in [-0.25, -0.2) is 0 Å². The number of amidine groups is 2. The minimum absolute atomic E-state index is 0.267. The molecule has 25 heavy (non-hydrogen) atoms. The average Bonchev–Trinajstić information content (AvgIpc) is 2.70. The first-order chi connectivity index (χ1) is 11.9. The lowest BCUT2D eigenvalue weighted by atomic mass is 9.99. The number of halogens is 1. The molecule has 1 aliphatic rings. The Morgan fingerprint density at radius 3 is 2.48 bits per heavy atom. The Labute approximate surface area is 151 Å². The number of hydrogen-bond acceptors (Lipinski definition) is 4. The van der Waals surface area contributed by atoms with Crippen molar-refractivity contribution in [3.63, 3.8) is 0 Å². The Balaban J connectivity index is 2.28. The molecule has 0 fully saturated rings. The number of ether oxygens (including phenoxy) is 1. The van der Waals surface area contributed by atoms with Crippen LogP contribution in [0.3, 0.4) is 0 Å². The van der Waals surface area contributed by atoms with E-state index in [1.165, 1.54) is 0 Å². The van der Waals surface area contributed by atoms with Crippen LogP contribution in [0.5, 0.6) is 5.75 Å². The van der Waals surface area contributed by atoms with E-state index >= 15 is 0 Å².